The molecule has 0 N–H and O–H groups in total. The fraction of sp³-hybridized carbons (Fsp3) is 0.538. The molecule has 0 bridgehead atoms. The lowest BCUT2D eigenvalue weighted by atomic mass is 10.1. The van der Waals surface area contributed by atoms with Gasteiger partial charge in [-0.25, -0.2) is 0 Å². The van der Waals surface area contributed by atoms with E-state index in [1.54, 1.807) is 0 Å². The van der Waals surface area contributed by atoms with Crippen molar-refractivity contribution in [2.24, 2.45) is 0 Å². The molecule has 1 saturated carbocycles. The summed E-state index contributed by atoms with van der Waals surface area (Å²) in [5.74, 6) is 0.637. The standard InChI is InChI=1S/C13H15N5/c1-9-10(2)16-17-13(12(9)8-15)18(7-3-6-14)11-4-5-11/h11H,3-5,7H2,1-2H3. The Bertz CT molecular complexity index is 534. The van der Waals surface area contributed by atoms with Crippen molar-refractivity contribution >= 4 is 5.82 Å². The van der Waals surface area contributed by atoms with Crippen molar-refractivity contribution in [2.75, 3.05) is 11.4 Å². The Labute approximate surface area is 107 Å². The second-order valence-electron chi connectivity index (χ2n) is 4.55. The number of aromatic nitrogens is 2. The SMILES string of the molecule is Cc1nnc(N(CCC#N)C2CC2)c(C#N)c1C. The van der Waals surface area contributed by atoms with Crippen molar-refractivity contribution in [3.63, 3.8) is 0 Å². The monoisotopic (exact) mass is 241 g/mol. The molecule has 0 spiro atoms. The first-order valence-electron chi connectivity index (χ1n) is 6.06. The van der Waals surface area contributed by atoms with Crippen molar-refractivity contribution in [3.8, 4) is 12.1 Å². The van der Waals surface area contributed by atoms with Gasteiger partial charge in [0.25, 0.3) is 0 Å². The van der Waals surface area contributed by atoms with Crippen molar-refractivity contribution in [1.82, 2.24) is 10.2 Å². The van der Waals surface area contributed by atoms with Crippen LogP contribution in [-0.4, -0.2) is 22.8 Å². The van der Waals surface area contributed by atoms with E-state index >= 15 is 0 Å². The summed E-state index contributed by atoms with van der Waals surface area (Å²) in [4.78, 5) is 2.06. The lowest BCUT2D eigenvalue weighted by molar-refractivity contribution is 0.757. The summed E-state index contributed by atoms with van der Waals surface area (Å²) in [5, 5.41) is 26.3. The highest BCUT2D eigenvalue weighted by Gasteiger charge is 2.32. The molecule has 18 heavy (non-hydrogen) atoms. The first-order chi connectivity index (χ1) is 8.69. The first kappa shape index (κ1) is 12.3. The van der Waals surface area contributed by atoms with Crippen LogP contribution in [0.1, 0.15) is 36.1 Å². The molecule has 0 aromatic carbocycles. The van der Waals surface area contributed by atoms with Gasteiger partial charge in [0.2, 0.25) is 0 Å². The van der Waals surface area contributed by atoms with E-state index in [1.807, 2.05) is 13.8 Å². The third-order valence-electron chi connectivity index (χ3n) is 3.27. The number of nitrogens with zero attached hydrogens (tertiary/aromatic N) is 5. The largest absolute Gasteiger partial charge is 0.350 e. The molecular weight excluding hydrogens is 226 g/mol. The summed E-state index contributed by atoms with van der Waals surface area (Å²) >= 11 is 0. The molecule has 0 amide bonds. The van der Waals surface area contributed by atoms with Crippen LogP contribution < -0.4 is 4.90 Å². The quantitative estimate of drug-likeness (QED) is 0.804. The van der Waals surface area contributed by atoms with Gasteiger partial charge < -0.3 is 4.90 Å². The van der Waals surface area contributed by atoms with E-state index in [0.717, 1.165) is 24.1 Å². The van der Waals surface area contributed by atoms with Crippen LogP contribution in [0.15, 0.2) is 0 Å². The number of aryl methyl sites for hydroxylation is 1. The van der Waals surface area contributed by atoms with Crippen LogP contribution in [-0.2, 0) is 0 Å². The molecule has 1 heterocycles. The van der Waals surface area contributed by atoms with Crippen molar-refractivity contribution in [2.45, 2.75) is 39.2 Å². The summed E-state index contributed by atoms with van der Waals surface area (Å²) in [6.07, 6.45) is 2.64. The predicted molar refractivity (Wildman–Crippen MR) is 66.8 cm³/mol. The Morgan fingerprint density at radius 2 is 2.00 bits per heavy atom. The van der Waals surface area contributed by atoms with Crippen molar-refractivity contribution in [3.05, 3.63) is 16.8 Å². The maximum Gasteiger partial charge on any atom is 0.169 e. The molecular formula is C13H15N5. The van der Waals surface area contributed by atoms with Crippen molar-refractivity contribution < 1.29 is 0 Å². The Hall–Kier alpha value is -2.14. The topological polar surface area (TPSA) is 76.6 Å². The maximum absolute atomic E-state index is 9.29. The second-order valence-corrected chi connectivity index (χ2v) is 4.55. The highest BCUT2D eigenvalue weighted by atomic mass is 15.3. The molecule has 5 heteroatoms. The molecule has 0 aliphatic heterocycles. The van der Waals surface area contributed by atoms with E-state index in [4.69, 9.17) is 5.26 Å². The fourth-order valence-electron chi connectivity index (χ4n) is 1.95. The van der Waals surface area contributed by atoms with Crippen LogP contribution in [0, 0.1) is 36.5 Å². The zero-order valence-electron chi connectivity index (χ0n) is 10.6. The van der Waals surface area contributed by atoms with Crippen LogP contribution in [0.25, 0.3) is 0 Å². The van der Waals surface area contributed by atoms with Gasteiger partial charge in [-0.1, -0.05) is 0 Å². The van der Waals surface area contributed by atoms with Gasteiger partial charge in [0.05, 0.1) is 18.2 Å². The molecule has 1 aromatic rings. The van der Waals surface area contributed by atoms with Gasteiger partial charge in [-0.2, -0.15) is 15.6 Å². The van der Waals surface area contributed by atoms with Gasteiger partial charge in [0.1, 0.15) is 11.6 Å². The number of nitriles is 2. The minimum Gasteiger partial charge on any atom is -0.350 e. The Morgan fingerprint density at radius 1 is 1.28 bits per heavy atom. The van der Waals surface area contributed by atoms with Gasteiger partial charge >= 0.3 is 0 Å². The minimum absolute atomic E-state index is 0.418. The van der Waals surface area contributed by atoms with Gasteiger partial charge in [-0.05, 0) is 32.3 Å². The van der Waals surface area contributed by atoms with Gasteiger partial charge in [-0.15, -0.1) is 5.10 Å². The molecule has 92 valence electrons. The zero-order valence-corrected chi connectivity index (χ0v) is 10.6. The molecule has 0 atom stereocenters. The molecule has 1 aromatic heterocycles. The van der Waals surface area contributed by atoms with Gasteiger partial charge in [-0.3, -0.25) is 0 Å². The average Bonchev–Trinajstić information content (AvgIpc) is 3.18. The van der Waals surface area contributed by atoms with Crippen LogP contribution in [0.5, 0.6) is 0 Å². The second kappa shape index (κ2) is 5.01. The van der Waals surface area contributed by atoms with Crippen LogP contribution in [0.2, 0.25) is 0 Å². The minimum atomic E-state index is 0.418. The summed E-state index contributed by atoms with van der Waals surface area (Å²) in [7, 11) is 0. The average molecular weight is 241 g/mol. The number of rotatable bonds is 4. The van der Waals surface area contributed by atoms with E-state index in [9.17, 15) is 5.26 Å². The predicted octanol–water partition coefficient (Wildman–Crippen LogP) is 1.85. The number of anilines is 1. The maximum atomic E-state index is 9.29. The lowest BCUT2D eigenvalue weighted by Crippen LogP contribution is -2.29. The van der Waals surface area contributed by atoms with Crippen LogP contribution in [0.4, 0.5) is 5.82 Å². The normalized spacial score (nSPS) is 13.8. The highest BCUT2D eigenvalue weighted by molar-refractivity contribution is 5.58. The molecule has 5 nitrogen and oxygen atoms in total. The zero-order chi connectivity index (χ0) is 13.1. The Kier molecular flexibility index (Phi) is 3.43. The van der Waals surface area contributed by atoms with Gasteiger partial charge in [0, 0.05) is 12.6 Å². The van der Waals surface area contributed by atoms with Crippen molar-refractivity contribution in [1.29, 1.82) is 10.5 Å². The smallest absolute Gasteiger partial charge is 0.169 e. The molecule has 2 rings (SSSR count). The molecule has 0 unspecified atom stereocenters. The van der Waals surface area contributed by atoms with Gasteiger partial charge in [0.15, 0.2) is 5.82 Å². The fourth-order valence-corrected chi connectivity index (χ4v) is 1.95. The van der Waals surface area contributed by atoms with E-state index in [0.29, 0.717) is 30.4 Å². The summed E-state index contributed by atoms with van der Waals surface area (Å²) < 4.78 is 0. The summed E-state index contributed by atoms with van der Waals surface area (Å²) in [5.41, 5.74) is 2.25. The molecule has 0 radical (unpaired) electrons. The molecule has 0 saturated heterocycles. The molecule has 1 fully saturated rings. The number of hydrogen-bond donors (Lipinski definition) is 0. The lowest BCUT2D eigenvalue weighted by Gasteiger charge is -2.23. The Morgan fingerprint density at radius 3 is 2.56 bits per heavy atom. The summed E-state index contributed by atoms with van der Waals surface area (Å²) in [6.45, 7) is 4.36. The summed E-state index contributed by atoms with van der Waals surface area (Å²) in [6, 6.07) is 4.78. The molecule has 1 aliphatic rings. The van der Waals surface area contributed by atoms with E-state index in [-0.39, 0.29) is 0 Å². The molecule has 1 aliphatic carbocycles. The van der Waals surface area contributed by atoms with E-state index in [1.165, 1.54) is 0 Å². The Balaban J connectivity index is 2.39. The van der Waals surface area contributed by atoms with E-state index in [2.05, 4.69) is 27.2 Å². The van der Waals surface area contributed by atoms with E-state index < -0.39 is 0 Å². The third-order valence-corrected chi connectivity index (χ3v) is 3.27. The van der Waals surface area contributed by atoms with Crippen LogP contribution in [0.3, 0.4) is 0 Å². The number of hydrogen-bond acceptors (Lipinski definition) is 5. The third kappa shape index (κ3) is 2.26. The van der Waals surface area contributed by atoms with Crippen LogP contribution >= 0.6 is 0 Å². The highest BCUT2D eigenvalue weighted by Crippen LogP contribution is 2.33. The first-order valence-corrected chi connectivity index (χ1v) is 6.06.